The van der Waals surface area contributed by atoms with E-state index in [4.69, 9.17) is 9.84 Å². The average molecular weight is 590 g/mol. The molecule has 0 aliphatic carbocycles. The average Bonchev–Trinajstić information content (AvgIpc) is 3.00. The number of carboxylic acids is 1. The molecule has 0 amide bonds. The van der Waals surface area contributed by atoms with Crippen molar-refractivity contribution in [2.45, 2.75) is 12.8 Å². The molecule has 1 N–H and O–H groups in total. The van der Waals surface area contributed by atoms with Crippen molar-refractivity contribution in [2.75, 3.05) is 6.61 Å². The van der Waals surface area contributed by atoms with Gasteiger partial charge in [0.05, 0.1) is 4.47 Å². The van der Waals surface area contributed by atoms with Crippen molar-refractivity contribution in [3.63, 3.8) is 0 Å². The van der Waals surface area contributed by atoms with Gasteiger partial charge in [0.2, 0.25) is 0 Å². The number of carboxylic acid groups (broad SMARTS) is 1. The van der Waals surface area contributed by atoms with Gasteiger partial charge in [-0.2, -0.15) is 0 Å². The minimum absolute atomic E-state index is 0.102. The van der Waals surface area contributed by atoms with Gasteiger partial charge in [0.1, 0.15) is 12.4 Å². The molecule has 0 bridgehead atoms. The molecular formula is C36H29BrO3. The number of carbonyl (C=O) groups is 1. The highest BCUT2D eigenvalue weighted by Gasteiger charge is 2.09. The summed E-state index contributed by atoms with van der Waals surface area (Å²) in [6.45, 7) is 0.378. The zero-order chi connectivity index (χ0) is 27.7. The molecule has 0 fully saturated rings. The van der Waals surface area contributed by atoms with Crippen LogP contribution in [0.25, 0.3) is 27.8 Å². The molecule has 0 heterocycles. The van der Waals surface area contributed by atoms with Gasteiger partial charge in [-0.1, -0.05) is 115 Å². The summed E-state index contributed by atoms with van der Waals surface area (Å²) >= 11 is 3.58. The minimum Gasteiger partial charge on any atom is -0.488 e. The molecule has 4 heteroatoms. The van der Waals surface area contributed by atoms with Crippen LogP contribution in [0.3, 0.4) is 0 Å². The van der Waals surface area contributed by atoms with Crippen LogP contribution in [0.1, 0.15) is 23.1 Å². The molecule has 0 saturated carbocycles. The van der Waals surface area contributed by atoms with E-state index in [1.165, 1.54) is 22.3 Å². The van der Waals surface area contributed by atoms with Crippen molar-refractivity contribution in [1.29, 1.82) is 0 Å². The molecule has 5 aromatic rings. The first-order valence-electron chi connectivity index (χ1n) is 13.2. The number of ether oxygens (including phenoxy) is 1. The lowest BCUT2D eigenvalue weighted by Gasteiger charge is -2.13. The summed E-state index contributed by atoms with van der Waals surface area (Å²) in [5.74, 6) is -0.0868. The standard InChI is InChI=1S/C36H29BrO3/c37-34-25-26(12-22-36(38)39)11-21-35(34)40-24-23-33(31-17-13-29(14-18-31)27-7-3-1-4-8-27)32-19-15-30(16-20-32)28-9-5-2-6-10-28/h1-11,13-21,23,25H,12,22,24H2,(H,38,39). The number of aryl methyl sites for hydroxylation is 1. The van der Waals surface area contributed by atoms with Crippen molar-refractivity contribution >= 4 is 27.5 Å². The van der Waals surface area contributed by atoms with Gasteiger partial charge in [-0.3, -0.25) is 4.79 Å². The molecule has 5 aromatic carbocycles. The van der Waals surface area contributed by atoms with Crippen LogP contribution in [-0.4, -0.2) is 17.7 Å². The topological polar surface area (TPSA) is 46.5 Å². The summed E-state index contributed by atoms with van der Waals surface area (Å²) in [5, 5.41) is 8.96. The number of hydrogen-bond acceptors (Lipinski definition) is 2. The monoisotopic (exact) mass is 588 g/mol. The van der Waals surface area contributed by atoms with E-state index in [9.17, 15) is 4.79 Å². The van der Waals surface area contributed by atoms with Crippen LogP contribution in [0.5, 0.6) is 5.75 Å². The fraction of sp³-hybridized carbons (Fsp3) is 0.0833. The predicted octanol–water partition coefficient (Wildman–Crippen LogP) is 9.31. The minimum atomic E-state index is -0.803. The zero-order valence-electron chi connectivity index (χ0n) is 22.0. The normalized spacial score (nSPS) is 10.6. The Kier molecular flexibility index (Phi) is 8.89. The first kappa shape index (κ1) is 27.2. The summed E-state index contributed by atoms with van der Waals surface area (Å²) in [6, 6.07) is 43.7. The molecule has 5 rings (SSSR count). The summed E-state index contributed by atoms with van der Waals surface area (Å²) in [4.78, 5) is 10.9. The molecule has 0 unspecified atom stereocenters. The predicted molar refractivity (Wildman–Crippen MR) is 166 cm³/mol. The maximum absolute atomic E-state index is 10.9. The van der Waals surface area contributed by atoms with Crippen molar-refractivity contribution in [2.24, 2.45) is 0 Å². The second kappa shape index (κ2) is 13.1. The van der Waals surface area contributed by atoms with Crippen LogP contribution in [0.4, 0.5) is 0 Å². The van der Waals surface area contributed by atoms with Crippen LogP contribution in [0, 0.1) is 0 Å². The van der Waals surface area contributed by atoms with Gasteiger partial charge in [-0.05, 0) is 85.1 Å². The van der Waals surface area contributed by atoms with E-state index in [-0.39, 0.29) is 6.42 Å². The van der Waals surface area contributed by atoms with Crippen LogP contribution < -0.4 is 4.74 Å². The molecule has 0 saturated heterocycles. The Morgan fingerprint density at radius 1 is 0.675 bits per heavy atom. The molecule has 0 radical (unpaired) electrons. The lowest BCUT2D eigenvalue weighted by Crippen LogP contribution is -2.00. The fourth-order valence-electron chi connectivity index (χ4n) is 4.63. The number of aliphatic carboxylic acids is 1. The van der Waals surface area contributed by atoms with Gasteiger partial charge in [-0.15, -0.1) is 0 Å². The molecule has 198 valence electrons. The largest absolute Gasteiger partial charge is 0.488 e. The van der Waals surface area contributed by atoms with Gasteiger partial charge >= 0.3 is 5.97 Å². The fourth-order valence-corrected chi connectivity index (χ4v) is 5.17. The van der Waals surface area contributed by atoms with E-state index in [2.05, 4.69) is 119 Å². The number of benzene rings is 5. The van der Waals surface area contributed by atoms with Crippen molar-refractivity contribution in [1.82, 2.24) is 0 Å². The highest BCUT2D eigenvalue weighted by Crippen LogP contribution is 2.30. The number of rotatable bonds is 10. The lowest BCUT2D eigenvalue weighted by atomic mass is 9.94. The molecule has 40 heavy (non-hydrogen) atoms. The van der Waals surface area contributed by atoms with Gasteiger partial charge in [0.25, 0.3) is 0 Å². The third-order valence-corrected chi connectivity index (χ3v) is 7.38. The maximum Gasteiger partial charge on any atom is 0.303 e. The maximum atomic E-state index is 10.9. The summed E-state index contributed by atoms with van der Waals surface area (Å²) in [7, 11) is 0. The van der Waals surface area contributed by atoms with E-state index < -0.39 is 5.97 Å². The molecule has 0 atom stereocenters. The Morgan fingerprint density at radius 2 is 1.18 bits per heavy atom. The van der Waals surface area contributed by atoms with E-state index in [0.29, 0.717) is 18.8 Å². The first-order valence-corrected chi connectivity index (χ1v) is 14.0. The molecule has 0 aromatic heterocycles. The van der Waals surface area contributed by atoms with Crippen molar-refractivity contribution in [3.05, 3.63) is 155 Å². The van der Waals surface area contributed by atoms with E-state index in [1.54, 1.807) is 0 Å². The SMILES string of the molecule is O=C(O)CCc1ccc(OCC=C(c2ccc(-c3ccccc3)cc2)c2ccc(-c3ccccc3)cc2)c(Br)c1. The molecule has 0 aliphatic heterocycles. The Balaban J connectivity index is 1.40. The lowest BCUT2D eigenvalue weighted by molar-refractivity contribution is -0.136. The van der Waals surface area contributed by atoms with Gasteiger partial charge < -0.3 is 9.84 Å². The number of halogens is 1. The van der Waals surface area contributed by atoms with E-state index >= 15 is 0 Å². The van der Waals surface area contributed by atoms with Crippen LogP contribution in [0.15, 0.2) is 138 Å². The Bertz CT molecular complexity index is 1510. The van der Waals surface area contributed by atoms with Gasteiger partial charge in [-0.25, -0.2) is 0 Å². The van der Waals surface area contributed by atoms with Crippen molar-refractivity contribution in [3.8, 4) is 28.0 Å². The second-order valence-corrected chi connectivity index (χ2v) is 10.3. The smallest absolute Gasteiger partial charge is 0.303 e. The molecule has 0 aliphatic rings. The molecule has 3 nitrogen and oxygen atoms in total. The van der Waals surface area contributed by atoms with Crippen LogP contribution >= 0.6 is 15.9 Å². The highest BCUT2D eigenvalue weighted by atomic mass is 79.9. The summed E-state index contributed by atoms with van der Waals surface area (Å²) in [5.41, 5.74) is 8.98. The Hall–Kier alpha value is -4.41. The van der Waals surface area contributed by atoms with E-state index in [1.807, 2.05) is 30.3 Å². The zero-order valence-corrected chi connectivity index (χ0v) is 23.6. The first-order chi connectivity index (χ1) is 19.6. The number of hydrogen-bond donors (Lipinski definition) is 1. The Morgan fingerprint density at radius 3 is 1.65 bits per heavy atom. The molecule has 0 spiro atoms. The Labute approximate surface area is 243 Å². The van der Waals surface area contributed by atoms with Crippen molar-refractivity contribution < 1.29 is 14.6 Å². The third-order valence-electron chi connectivity index (χ3n) is 6.76. The highest BCUT2D eigenvalue weighted by molar-refractivity contribution is 9.10. The third kappa shape index (κ3) is 6.96. The summed E-state index contributed by atoms with van der Waals surface area (Å²) < 4.78 is 6.95. The van der Waals surface area contributed by atoms with Gasteiger partial charge in [0, 0.05) is 6.42 Å². The van der Waals surface area contributed by atoms with Crippen LogP contribution in [0.2, 0.25) is 0 Å². The van der Waals surface area contributed by atoms with E-state index in [0.717, 1.165) is 26.7 Å². The summed E-state index contributed by atoms with van der Waals surface area (Å²) in [6.07, 6.45) is 2.70. The second-order valence-electron chi connectivity index (χ2n) is 9.47. The van der Waals surface area contributed by atoms with Gasteiger partial charge in [0.15, 0.2) is 0 Å². The quantitative estimate of drug-likeness (QED) is 0.177. The molecular weight excluding hydrogens is 560 g/mol. The van der Waals surface area contributed by atoms with Crippen LogP contribution in [-0.2, 0) is 11.2 Å².